The lowest BCUT2D eigenvalue weighted by molar-refractivity contribution is -0.166. The maximum Gasteiger partial charge on any atom is 0.338 e. The number of amidine groups is 1. The van der Waals surface area contributed by atoms with Gasteiger partial charge in [-0.2, -0.15) is 0 Å². The maximum absolute atomic E-state index is 15.9. The number of hydrogen-bond donors (Lipinski definition) is 1. The molecule has 5 aliphatic rings. The summed E-state index contributed by atoms with van der Waals surface area (Å²) in [5, 5.41) is 5.63. The van der Waals surface area contributed by atoms with Crippen molar-refractivity contribution in [3.63, 3.8) is 0 Å². The number of benzene rings is 1. The van der Waals surface area contributed by atoms with E-state index in [-0.39, 0.29) is 42.1 Å². The van der Waals surface area contributed by atoms with Crippen molar-refractivity contribution in [2.24, 2.45) is 16.3 Å². The zero-order chi connectivity index (χ0) is 32.4. The second-order valence-corrected chi connectivity index (χ2v) is 14.2. The van der Waals surface area contributed by atoms with Gasteiger partial charge < -0.3 is 14.8 Å². The zero-order valence-electron chi connectivity index (χ0n) is 26.1. The van der Waals surface area contributed by atoms with E-state index < -0.39 is 42.4 Å². The highest BCUT2D eigenvalue weighted by Gasteiger charge is 2.64. The minimum atomic E-state index is -2.96. The Labute approximate surface area is 269 Å². The molecule has 3 aliphatic heterocycles. The number of nitrogens with one attached hydrogen (secondary N) is 1. The predicted molar refractivity (Wildman–Crippen MR) is 165 cm³/mol. The molecule has 2 saturated carbocycles. The van der Waals surface area contributed by atoms with Crippen LogP contribution in [0.15, 0.2) is 46.0 Å². The molecule has 2 saturated heterocycles. The van der Waals surface area contributed by atoms with Gasteiger partial charge in [0.1, 0.15) is 11.9 Å². The molecule has 9 nitrogen and oxygen atoms in total. The van der Waals surface area contributed by atoms with E-state index in [0.717, 1.165) is 25.7 Å². The number of esters is 2. The molecule has 1 aromatic heterocycles. The lowest BCUT2D eigenvalue weighted by atomic mass is 9.49. The predicted octanol–water partition coefficient (Wildman–Crippen LogP) is 4.62. The van der Waals surface area contributed by atoms with Crippen LogP contribution in [0.25, 0.3) is 0 Å². The van der Waals surface area contributed by atoms with Crippen LogP contribution in [0.5, 0.6) is 0 Å². The number of thiazole rings is 1. The summed E-state index contributed by atoms with van der Waals surface area (Å²) in [7, 11) is 1.40. The topological polar surface area (TPSA) is 96.4 Å². The highest BCUT2D eigenvalue weighted by molar-refractivity contribution is 7.11. The molecule has 1 spiro atoms. The van der Waals surface area contributed by atoms with Crippen molar-refractivity contribution in [3.05, 3.63) is 63.0 Å². The summed E-state index contributed by atoms with van der Waals surface area (Å²) in [6.45, 7) is 3.61. The van der Waals surface area contributed by atoms with Crippen molar-refractivity contribution in [2.45, 2.75) is 76.0 Å². The van der Waals surface area contributed by atoms with Gasteiger partial charge in [0.25, 0.3) is 5.92 Å². The monoisotopic (exact) mass is 657 g/mol. The van der Waals surface area contributed by atoms with Crippen molar-refractivity contribution in [2.75, 3.05) is 33.4 Å². The molecule has 4 heterocycles. The van der Waals surface area contributed by atoms with E-state index in [1.807, 2.05) is 4.90 Å². The molecule has 2 aliphatic carbocycles. The normalized spacial score (nSPS) is 32.0. The van der Waals surface area contributed by atoms with Crippen molar-refractivity contribution >= 4 is 29.1 Å². The molecule has 4 fully saturated rings. The second-order valence-electron chi connectivity index (χ2n) is 13.3. The molecule has 13 heteroatoms. The van der Waals surface area contributed by atoms with Gasteiger partial charge in [-0.1, -0.05) is 12.1 Å². The first-order valence-electron chi connectivity index (χ1n) is 15.9. The number of rotatable bonds is 8. The van der Waals surface area contributed by atoms with Crippen LogP contribution < -0.4 is 5.32 Å². The number of fused-ring (bicyclic) bond motifs is 1. The van der Waals surface area contributed by atoms with Crippen molar-refractivity contribution in [3.8, 4) is 0 Å². The van der Waals surface area contributed by atoms with Gasteiger partial charge in [0.05, 0.1) is 37.8 Å². The van der Waals surface area contributed by atoms with E-state index >= 15 is 8.78 Å². The molecule has 2 aromatic rings. The van der Waals surface area contributed by atoms with Gasteiger partial charge in [0.2, 0.25) is 0 Å². The van der Waals surface area contributed by atoms with Crippen LogP contribution in [0.1, 0.15) is 61.2 Å². The lowest BCUT2D eigenvalue weighted by Crippen LogP contribution is -2.60. The largest absolute Gasteiger partial charge is 0.469 e. The summed E-state index contributed by atoms with van der Waals surface area (Å²) in [6, 6.07) is 2.45. The fraction of sp³-hybridized carbons (Fsp3) is 0.576. The molecular weight excluding hydrogens is 619 g/mol. The van der Waals surface area contributed by atoms with Gasteiger partial charge in [0.15, 0.2) is 10.8 Å². The number of carbonyl (C=O) groups is 2. The quantitative estimate of drug-likeness (QED) is 0.411. The number of hydrogen-bond acceptors (Lipinski definition) is 10. The van der Waals surface area contributed by atoms with E-state index in [1.165, 1.54) is 24.5 Å². The molecule has 0 radical (unpaired) electrons. The van der Waals surface area contributed by atoms with Crippen LogP contribution in [0.2, 0.25) is 0 Å². The van der Waals surface area contributed by atoms with E-state index in [1.54, 1.807) is 42.5 Å². The van der Waals surface area contributed by atoms with Gasteiger partial charge in [-0.3, -0.25) is 19.6 Å². The van der Waals surface area contributed by atoms with Gasteiger partial charge >= 0.3 is 11.9 Å². The third-order valence-corrected chi connectivity index (χ3v) is 11.4. The Morgan fingerprint density at radius 3 is 2.67 bits per heavy atom. The average molecular weight is 658 g/mol. The molecule has 1 aromatic carbocycles. The van der Waals surface area contributed by atoms with Crippen molar-refractivity contribution in [1.82, 2.24) is 20.1 Å². The first-order chi connectivity index (χ1) is 22.0. The van der Waals surface area contributed by atoms with Gasteiger partial charge in [-0.25, -0.2) is 22.9 Å². The summed E-state index contributed by atoms with van der Waals surface area (Å²) in [5.74, 6) is -3.88. The second kappa shape index (κ2) is 11.7. The molecule has 1 N–H and O–H groups in total. The molecule has 46 heavy (non-hydrogen) atoms. The molecule has 0 bridgehead atoms. The number of nitrogens with zero attached hydrogens (tertiary/aromatic N) is 4. The number of aromatic nitrogens is 1. The molecule has 246 valence electrons. The standard InChI is InChI=1S/C33H38F3N5O4S/c1-4-45-31(43)25-23(38-28(29-37-9-11-46-29)39-26(25)21-6-5-7-22(34)18(21)2)16-40-17-33(35,36)27-24(40)8-10-41(27)20-14-32(15-20)12-19(13-32)30(42)44-3/h5-7,9,11,19-20,24,26-27H,4,8,10,12-17H2,1-3H3,(H,38,39)/t19?,20?,24-,26-,27+,32?/m0/s1. The molecule has 3 atom stereocenters. The molecule has 7 rings (SSSR count). The van der Waals surface area contributed by atoms with Crippen molar-refractivity contribution in [1.29, 1.82) is 0 Å². The number of aliphatic imine (C=N–C) groups is 1. The minimum Gasteiger partial charge on any atom is -0.469 e. The Hall–Kier alpha value is -3.29. The summed E-state index contributed by atoms with van der Waals surface area (Å²) in [6.07, 6.45) is 5.40. The summed E-state index contributed by atoms with van der Waals surface area (Å²) < 4.78 is 57.0. The van der Waals surface area contributed by atoms with E-state index in [2.05, 4.69) is 10.3 Å². The third kappa shape index (κ3) is 5.24. The number of likely N-dealkylation sites (tertiary alicyclic amines) is 2. The van der Waals surface area contributed by atoms with Crippen LogP contribution >= 0.6 is 11.3 Å². The number of alkyl halides is 2. The SMILES string of the molecule is CCOC(=O)C1=C(CN2CC(F)(F)[C@H]3[C@@H]2CCN3C2CC3(CC(C(=O)OC)C3)C2)NC(c2nccs2)=N[C@H]1c1cccc(F)c1C. The van der Waals surface area contributed by atoms with E-state index in [4.69, 9.17) is 14.5 Å². The first-order valence-corrected chi connectivity index (χ1v) is 16.8. The minimum absolute atomic E-state index is 0.0451. The Bertz CT molecular complexity index is 1580. The highest BCUT2D eigenvalue weighted by atomic mass is 32.1. The van der Waals surface area contributed by atoms with Gasteiger partial charge in [-0.15, -0.1) is 11.3 Å². The molecular formula is C33H38F3N5O4S. The van der Waals surface area contributed by atoms with Crippen LogP contribution in [0, 0.1) is 24.1 Å². The summed E-state index contributed by atoms with van der Waals surface area (Å²) in [5.41, 5.74) is 1.50. The molecule has 0 unspecified atom stereocenters. The smallest absolute Gasteiger partial charge is 0.338 e. The Morgan fingerprint density at radius 2 is 1.98 bits per heavy atom. The average Bonchev–Trinajstić information content (AvgIpc) is 3.72. The summed E-state index contributed by atoms with van der Waals surface area (Å²) in [4.78, 5) is 38.5. The van der Waals surface area contributed by atoms with Crippen molar-refractivity contribution < 1.29 is 32.2 Å². The lowest BCUT2D eigenvalue weighted by Gasteiger charge is -2.59. The highest BCUT2D eigenvalue weighted by Crippen LogP contribution is 2.61. The first kappa shape index (κ1) is 31.3. The van der Waals surface area contributed by atoms with Crippen LogP contribution in [0.4, 0.5) is 13.2 Å². The van der Waals surface area contributed by atoms with Gasteiger partial charge in [-0.05, 0) is 68.6 Å². The Balaban J connectivity index is 1.17. The number of ether oxygens (including phenoxy) is 2. The third-order valence-electron chi connectivity index (χ3n) is 10.6. The van der Waals surface area contributed by atoms with Gasteiger partial charge in [0, 0.05) is 42.4 Å². The fourth-order valence-electron chi connectivity index (χ4n) is 8.56. The summed E-state index contributed by atoms with van der Waals surface area (Å²) >= 11 is 1.35. The maximum atomic E-state index is 15.9. The van der Waals surface area contributed by atoms with Crippen LogP contribution in [-0.2, 0) is 19.1 Å². The van der Waals surface area contributed by atoms with Crippen LogP contribution in [0.3, 0.4) is 0 Å². The number of halogens is 3. The van der Waals surface area contributed by atoms with E-state index in [9.17, 15) is 14.0 Å². The Morgan fingerprint density at radius 1 is 1.20 bits per heavy atom. The molecule has 0 amide bonds. The number of methoxy groups -OCH3 is 1. The van der Waals surface area contributed by atoms with E-state index in [0.29, 0.717) is 40.6 Å². The fourth-order valence-corrected chi connectivity index (χ4v) is 9.15. The van der Waals surface area contributed by atoms with Crippen LogP contribution in [-0.4, -0.2) is 90.0 Å². The zero-order valence-corrected chi connectivity index (χ0v) is 26.9. The number of carbonyl (C=O) groups excluding carboxylic acids is 2. The Kier molecular flexibility index (Phi) is 8.00.